The van der Waals surface area contributed by atoms with Gasteiger partial charge in [0, 0.05) is 11.6 Å². The van der Waals surface area contributed by atoms with E-state index < -0.39 is 35.1 Å². The SMILES string of the molecule is Cc1ccc(/C(O)=C2/C(=O)C(=O)N(c3ccc(F)cc3F)C2c2ccco2)cc1. The Morgan fingerprint density at radius 2 is 1.79 bits per heavy atom. The number of nitrogens with zero attached hydrogens (tertiary/aromatic N) is 1. The lowest BCUT2D eigenvalue weighted by atomic mass is 9.98. The van der Waals surface area contributed by atoms with Crippen LogP contribution >= 0.6 is 0 Å². The van der Waals surface area contributed by atoms with Crippen LogP contribution in [0, 0.1) is 18.6 Å². The van der Waals surface area contributed by atoms with Gasteiger partial charge in [0.15, 0.2) is 0 Å². The third-order valence-electron chi connectivity index (χ3n) is 4.75. The topological polar surface area (TPSA) is 70.8 Å². The monoisotopic (exact) mass is 395 g/mol. The third kappa shape index (κ3) is 3.10. The van der Waals surface area contributed by atoms with Gasteiger partial charge in [-0.1, -0.05) is 29.8 Å². The number of benzene rings is 2. The molecule has 5 nitrogen and oxygen atoms in total. The van der Waals surface area contributed by atoms with Crippen LogP contribution in [-0.2, 0) is 9.59 Å². The minimum atomic E-state index is -1.20. The number of aryl methyl sites for hydroxylation is 1. The fraction of sp³-hybridized carbons (Fsp3) is 0.0909. The van der Waals surface area contributed by atoms with Crippen molar-refractivity contribution in [3.63, 3.8) is 0 Å². The predicted octanol–water partition coefficient (Wildman–Crippen LogP) is 4.49. The number of Topliss-reactive ketones (excluding diaryl/α,β-unsaturated/α-hetero) is 1. The van der Waals surface area contributed by atoms with Crippen LogP contribution in [0.3, 0.4) is 0 Å². The molecule has 146 valence electrons. The van der Waals surface area contributed by atoms with Gasteiger partial charge in [0.2, 0.25) is 0 Å². The van der Waals surface area contributed by atoms with Crippen LogP contribution in [0.25, 0.3) is 5.76 Å². The smallest absolute Gasteiger partial charge is 0.300 e. The summed E-state index contributed by atoms with van der Waals surface area (Å²) in [7, 11) is 0. The van der Waals surface area contributed by atoms with Gasteiger partial charge >= 0.3 is 0 Å². The highest BCUT2D eigenvalue weighted by atomic mass is 19.1. The van der Waals surface area contributed by atoms with E-state index in [4.69, 9.17) is 4.42 Å². The molecule has 0 saturated carbocycles. The molecule has 29 heavy (non-hydrogen) atoms. The number of furan rings is 1. The normalized spacial score (nSPS) is 18.4. The van der Waals surface area contributed by atoms with Crippen LogP contribution in [0.1, 0.15) is 22.9 Å². The largest absolute Gasteiger partial charge is 0.507 e. The fourth-order valence-electron chi connectivity index (χ4n) is 3.34. The van der Waals surface area contributed by atoms with Gasteiger partial charge in [-0.15, -0.1) is 0 Å². The Morgan fingerprint density at radius 1 is 1.07 bits per heavy atom. The number of hydrogen-bond acceptors (Lipinski definition) is 4. The second-order valence-electron chi connectivity index (χ2n) is 6.65. The molecule has 2 heterocycles. The minimum absolute atomic E-state index is 0.154. The van der Waals surface area contributed by atoms with Gasteiger partial charge in [0.25, 0.3) is 11.7 Å². The van der Waals surface area contributed by atoms with Crippen molar-refractivity contribution in [1.29, 1.82) is 0 Å². The number of ketones is 1. The molecule has 1 aliphatic heterocycles. The van der Waals surface area contributed by atoms with Crippen molar-refractivity contribution >= 4 is 23.1 Å². The summed E-state index contributed by atoms with van der Waals surface area (Å²) in [4.78, 5) is 26.5. The molecule has 0 bridgehead atoms. The van der Waals surface area contributed by atoms with E-state index in [9.17, 15) is 23.5 Å². The van der Waals surface area contributed by atoms with Crippen LogP contribution in [-0.4, -0.2) is 16.8 Å². The van der Waals surface area contributed by atoms with Gasteiger partial charge in [-0.05, 0) is 31.2 Å². The maximum atomic E-state index is 14.5. The minimum Gasteiger partial charge on any atom is -0.507 e. The van der Waals surface area contributed by atoms with Crippen molar-refractivity contribution in [3.8, 4) is 0 Å². The first kappa shape index (κ1) is 18.6. The Bertz CT molecular complexity index is 1130. The lowest BCUT2D eigenvalue weighted by Crippen LogP contribution is -2.30. The quantitative estimate of drug-likeness (QED) is 0.403. The lowest BCUT2D eigenvalue weighted by Gasteiger charge is -2.23. The Balaban J connectivity index is 1.94. The van der Waals surface area contributed by atoms with Crippen LogP contribution in [0.2, 0.25) is 0 Å². The van der Waals surface area contributed by atoms with Gasteiger partial charge in [0.1, 0.15) is 29.2 Å². The summed E-state index contributed by atoms with van der Waals surface area (Å²) < 4.78 is 33.2. The molecule has 1 unspecified atom stereocenters. The van der Waals surface area contributed by atoms with Crippen molar-refractivity contribution < 1.29 is 27.9 Å². The highest BCUT2D eigenvalue weighted by Gasteiger charge is 2.49. The molecule has 1 atom stereocenters. The van der Waals surface area contributed by atoms with Crippen LogP contribution < -0.4 is 4.90 Å². The molecule has 7 heteroatoms. The Morgan fingerprint density at radius 3 is 2.41 bits per heavy atom. The molecule has 0 aliphatic carbocycles. The zero-order valence-electron chi connectivity index (χ0n) is 15.2. The maximum Gasteiger partial charge on any atom is 0.300 e. The predicted molar refractivity (Wildman–Crippen MR) is 101 cm³/mol. The van der Waals surface area contributed by atoms with Gasteiger partial charge in [-0.3, -0.25) is 14.5 Å². The van der Waals surface area contributed by atoms with Crippen molar-refractivity contribution in [3.05, 3.63) is 95.0 Å². The highest BCUT2D eigenvalue weighted by molar-refractivity contribution is 6.51. The van der Waals surface area contributed by atoms with E-state index in [1.165, 1.54) is 12.3 Å². The zero-order valence-corrected chi connectivity index (χ0v) is 15.2. The number of carbonyl (C=O) groups is 2. The van der Waals surface area contributed by atoms with E-state index >= 15 is 0 Å². The van der Waals surface area contributed by atoms with Crippen LogP contribution in [0.5, 0.6) is 0 Å². The first-order valence-electron chi connectivity index (χ1n) is 8.75. The number of halogens is 2. The van der Waals surface area contributed by atoms with E-state index in [0.717, 1.165) is 22.6 Å². The van der Waals surface area contributed by atoms with Gasteiger partial charge in [0.05, 0.1) is 17.5 Å². The van der Waals surface area contributed by atoms with Crippen molar-refractivity contribution in [2.75, 3.05) is 4.90 Å². The number of carbonyl (C=O) groups excluding carboxylic acids is 2. The van der Waals surface area contributed by atoms with Crippen molar-refractivity contribution in [1.82, 2.24) is 0 Å². The van der Waals surface area contributed by atoms with Gasteiger partial charge < -0.3 is 9.52 Å². The molecular weight excluding hydrogens is 380 g/mol. The van der Waals surface area contributed by atoms with Gasteiger partial charge in [-0.25, -0.2) is 8.78 Å². The number of anilines is 1. The first-order valence-corrected chi connectivity index (χ1v) is 8.75. The Kier molecular flexibility index (Phi) is 4.50. The molecule has 1 aliphatic rings. The summed E-state index contributed by atoms with van der Waals surface area (Å²) >= 11 is 0. The molecule has 0 spiro atoms. The summed E-state index contributed by atoms with van der Waals surface area (Å²) in [5.74, 6) is -4.13. The number of rotatable bonds is 3. The zero-order chi connectivity index (χ0) is 20.7. The molecular formula is C22H15F2NO4. The van der Waals surface area contributed by atoms with Crippen molar-refractivity contribution in [2.24, 2.45) is 0 Å². The van der Waals surface area contributed by atoms with Crippen LogP contribution in [0.15, 0.2) is 70.9 Å². The number of amides is 1. The maximum absolute atomic E-state index is 14.5. The van der Waals surface area contributed by atoms with E-state index in [1.807, 2.05) is 6.92 Å². The molecule has 1 amide bonds. The van der Waals surface area contributed by atoms with E-state index in [-0.39, 0.29) is 17.0 Å². The first-order chi connectivity index (χ1) is 13.9. The second-order valence-corrected chi connectivity index (χ2v) is 6.65. The average molecular weight is 395 g/mol. The molecule has 3 aromatic rings. The summed E-state index contributed by atoms with van der Waals surface area (Å²) in [6.07, 6.45) is 1.34. The molecule has 4 rings (SSSR count). The molecule has 1 aromatic heterocycles. The number of aliphatic hydroxyl groups excluding tert-OH is 1. The Labute approximate surface area is 164 Å². The molecule has 1 fully saturated rings. The van der Waals surface area contributed by atoms with Crippen LogP contribution in [0.4, 0.5) is 14.5 Å². The summed E-state index contributed by atoms with van der Waals surface area (Å²) in [6.45, 7) is 1.86. The molecule has 2 aromatic carbocycles. The molecule has 0 radical (unpaired) electrons. The Hall–Kier alpha value is -3.74. The average Bonchev–Trinajstić information content (AvgIpc) is 3.30. The summed E-state index contributed by atoms with van der Waals surface area (Å²) in [5.41, 5.74) is 0.734. The number of hydrogen-bond donors (Lipinski definition) is 1. The van der Waals surface area contributed by atoms with E-state index in [1.54, 1.807) is 30.3 Å². The van der Waals surface area contributed by atoms with Crippen molar-refractivity contribution in [2.45, 2.75) is 13.0 Å². The molecule has 1 N–H and O–H groups in total. The lowest BCUT2D eigenvalue weighted by molar-refractivity contribution is -0.132. The van der Waals surface area contributed by atoms with E-state index in [0.29, 0.717) is 11.6 Å². The molecule has 1 saturated heterocycles. The standard InChI is InChI=1S/C22H15F2NO4/c1-12-4-6-13(7-5-12)20(26)18-19(17-3-2-10-29-17)25(22(28)21(18)27)16-9-8-14(23)11-15(16)24/h2-11,19,26H,1H3/b20-18-. The fourth-order valence-corrected chi connectivity index (χ4v) is 3.34. The highest BCUT2D eigenvalue weighted by Crippen LogP contribution is 2.43. The summed E-state index contributed by atoms with van der Waals surface area (Å²) in [6, 6.07) is 11.2. The third-order valence-corrected chi connectivity index (χ3v) is 4.75. The second kappa shape index (κ2) is 7.01. The van der Waals surface area contributed by atoms with E-state index in [2.05, 4.69) is 0 Å². The van der Waals surface area contributed by atoms with Gasteiger partial charge in [-0.2, -0.15) is 0 Å². The summed E-state index contributed by atoms with van der Waals surface area (Å²) in [5, 5.41) is 10.8. The number of aliphatic hydroxyl groups is 1.